The van der Waals surface area contributed by atoms with Gasteiger partial charge in [0, 0.05) is 10.6 Å². The van der Waals surface area contributed by atoms with Crippen molar-refractivity contribution < 1.29 is 28.2 Å². The second-order valence-electron chi connectivity index (χ2n) is 9.62. The second-order valence-corrected chi connectivity index (χ2v) is 12.0. The van der Waals surface area contributed by atoms with Gasteiger partial charge in [-0.1, -0.05) is 30.0 Å². The van der Waals surface area contributed by atoms with Gasteiger partial charge in [-0.15, -0.1) is 21.5 Å². The highest BCUT2D eigenvalue weighted by Crippen LogP contribution is 2.40. The van der Waals surface area contributed by atoms with E-state index in [0.29, 0.717) is 33.0 Å². The molecule has 2 aromatic heterocycles. The van der Waals surface area contributed by atoms with E-state index in [1.165, 1.54) is 23.5 Å². The molecule has 0 radical (unpaired) electrons. The fourth-order valence-electron chi connectivity index (χ4n) is 4.57. The number of aryl methyl sites for hydroxylation is 1. The van der Waals surface area contributed by atoms with Crippen LogP contribution in [0, 0.1) is 5.82 Å². The molecule has 2 amide bonds. The fraction of sp³-hybridized carbons (Fsp3) is 0.300. The molecule has 4 aromatic rings. The fourth-order valence-corrected chi connectivity index (χ4v) is 6.74. The molecule has 10 nitrogen and oxygen atoms in total. The van der Waals surface area contributed by atoms with Gasteiger partial charge in [-0.25, -0.2) is 9.18 Å². The zero-order valence-corrected chi connectivity index (χ0v) is 25.2. The Balaban J connectivity index is 1.30. The van der Waals surface area contributed by atoms with Crippen LogP contribution in [0.4, 0.5) is 9.39 Å². The maximum absolute atomic E-state index is 13.7. The lowest BCUT2D eigenvalue weighted by Crippen LogP contribution is -2.29. The average molecular weight is 624 g/mol. The number of thioether (sulfide) groups is 1. The van der Waals surface area contributed by atoms with E-state index >= 15 is 0 Å². The molecule has 1 unspecified atom stereocenters. The summed E-state index contributed by atoms with van der Waals surface area (Å²) in [6.07, 6.45) is 2.61. The SMILES string of the molecule is CCOC(=O)c1c(NC(=O)C(C)Sc2nnc(CNC(=O)COc3ccccc3)n2-c2ccc(F)cc2)sc2c1CCC2. The number of thiophene rings is 1. The van der Waals surface area contributed by atoms with Crippen molar-refractivity contribution in [2.45, 2.75) is 50.1 Å². The minimum Gasteiger partial charge on any atom is -0.484 e. The molecule has 5 rings (SSSR count). The molecule has 0 aliphatic heterocycles. The van der Waals surface area contributed by atoms with Crippen molar-refractivity contribution in [3.8, 4) is 11.4 Å². The molecule has 2 aromatic carbocycles. The number of halogens is 1. The lowest BCUT2D eigenvalue weighted by Gasteiger charge is -2.14. The number of hydrogen-bond acceptors (Lipinski definition) is 9. The van der Waals surface area contributed by atoms with Crippen LogP contribution in [0.5, 0.6) is 5.75 Å². The number of carbonyl (C=O) groups excluding carboxylic acids is 3. The summed E-state index contributed by atoms with van der Waals surface area (Å²) in [5.74, 6) is -0.577. The molecule has 1 aliphatic carbocycles. The van der Waals surface area contributed by atoms with Crippen LogP contribution in [0.2, 0.25) is 0 Å². The van der Waals surface area contributed by atoms with Crippen molar-refractivity contribution in [2.24, 2.45) is 0 Å². The first-order valence-electron chi connectivity index (χ1n) is 13.8. The first-order valence-corrected chi connectivity index (χ1v) is 15.5. The molecule has 0 spiro atoms. The summed E-state index contributed by atoms with van der Waals surface area (Å²) in [6, 6.07) is 14.7. The standard InChI is InChI=1S/C30H30FN5O5S2/c1-3-40-29(39)26-22-10-7-11-23(22)43-28(26)33-27(38)18(2)42-30-35-34-24(36(30)20-14-12-19(31)13-15-20)16-32-25(37)17-41-21-8-5-4-6-9-21/h4-6,8-9,12-15,18H,3,7,10-11,16-17H2,1-2H3,(H,32,37)(H,33,38). The zero-order chi connectivity index (χ0) is 30.3. The predicted molar refractivity (Wildman–Crippen MR) is 161 cm³/mol. The van der Waals surface area contributed by atoms with Gasteiger partial charge in [-0.2, -0.15) is 0 Å². The first-order chi connectivity index (χ1) is 20.8. The molecule has 2 N–H and O–H groups in total. The van der Waals surface area contributed by atoms with Gasteiger partial charge in [-0.05, 0) is 75.1 Å². The van der Waals surface area contributed by atoms with E-state index in [1.54, 1.807) is 42.7 Å². The number of carbonyl (C=O) groups is 3. The third-order valence-electron chi connectivity index (χ3n) is 6.63. The van der Waals surface area contributed by atoms with Crippen molar-refractivity contribution in [1.29, 1.82) is 0 Å². The summed E-state index contributed by atoms with van der Waals surface area (Å²) in [4.78, 5) is 39.6. The van der Waals surface area contributed by atoms with E-state index in [2.05, 4.69) is 20.8 Å². The molecule has 1 atom stereocenters. The van der Waals surface area contributed by atoms with Gasteiger partial charge in [0.1, 0.15) is 16.6 Å². The minimum absolute atomic E-state index is 0.0200. The molecule has 0 fully saturated rings. The number of anilines is 1. The van der Waals surface area contributed by atoms with Gasteiger partial charge in [-0.3, -0.25) is 14.2 Å². The maximum Gasteiger partial charge on any atom is 0.341 e. The van der Waals surface area contributed by atoms with Gasteiger partial charge in [0.15, 0.2) is 17.6 Å². The Kier molecular flexibility index (Phi) is 9.72. The molecule has 0 bridgehead atoms. The molecule has 1 aliphatic rings. The summed E-state index contributed by atoms with van der Waals surface area (Å²) in [7, 11) is 0. The third-order valence-corrected chi connectivity index (χ3v) is 8.88. The Hall–Kier alpha value is -4.23. The van der Waals surface area contributed by atoms with Crippen LogP contribution >= 0.6 is 23.1 Å². The molecule has 43 heavy (non-hydrogen) atoms. The number of nitrogens with zero attached hydrogens (tertiary/aromatic N) is 3. The van der Waals surface area contributed by atoms with Crippen LogP contribution in [-0.2, 0) is 33.7 Å². The lowest BCUT2D eigenvalue weighted by molar-refractivity contribution is -0.123. The third kappa shape index (κ3) is 7.23. The Morgan fingerprint density at radius 2 is 1.86 bits per heavy atom. The average Bonchev–Trinajstić information content (AvgIpc) is 3.71. The number of fused-ring (bicyclic) bond motifs is 1. The molecular weight excluding hydrogens is 593 g/mol. The van der Waals surface area contributed by atoms with Crippen molar-refractivity contribution in [1.82, 2.24) is 20.1 Å². The van der Waals surface area contributed by atoms with Gasteiger partial charge < -0.3 is 20.1 Å². The number of nitrogens with one attached hydrogen (secondary N) is 2. The molecule has 13 heteroatoms. The highest BCUT2D eigenvalue weighted by molar-refractivity contribution is 8.00. The van der Waals surface area contributed by atoms with Gasteiger partial charge >= 0.3 is 5.97 Å². The van der Waals surface area contributed by atoms with Gasteiger partial charge in [0.25, 0.3) is 5.91 Å². The summed E-state index contributed by atoms with van der Waals surface area (Å²) in [5, 5.41) is 14.4. The van der Waals surface area contributed by atoms with Crippen LogP contribution in [-0.4, -0.2) is 51.0 Å². The van der Waals surface area contributed by atoms with E-state index in [-0.39, 0.29) is 31.6 Å². The van der Waals surface area contributed by atoms with Gasteiger partial charge in [0.05, 0.1) is 24.0 Å². The molecule has 224 valence electrons. The topological polar surface area (TPSA) is 124 Å². The smallest absolute Gasteiger partial charge is 0.341 e. The largest absolute Gasteiger partial charge is 0.484 e. The number of amides is 2. The van der Waals surface area contributed by atoms with Crippen molar-refractivity contribution in [2.75, 3.05) is 18.5 Å². The highest BCUT2D eigenvalue weighted by atomic mass is 32.2. The number of ether oxygens (including phenoxy) is 2. The molecule has 0 saturated carbocycles. The monoisotopic (exact) mass is 623 g/mol. The Morgan fingerprint density at radius 3 is 2.60 bits per heavy atom. The number of hydrogen-bond donors (Lipinski definition) is 2. The van der Waals surface area contributed by atoms with E-state index in [0.717, 1.165) is 41.5 Å². The van der Waals surface area contributed by atoms with E-state index < -0.39 is 17.0 Å². The number of para-hydroxylation sites is 1. The summed E-state index contributed by atoms with van der Waals surface area (Å²) in [5.41, 5.74) is 1.95. The Bertz CT molecular complexity index is 1610. The Labute approximate surface area is 256 Å². The van der Waals surface area contributed by atoms with E-state index in [4.69, 9.17) is 9.47 Å². The van der Waals surface area contributed by atoms with Crippen molar-refractivity contribution >= 4 is 45.9 Å². The summed E-state index contributed by atoms with van der Waals surface area (Å²) >= 11 is 2.56. The minimum atomic E-state index is -0.642. The lowest BCUT2D eigenvalue weighted by atomic mass is 10.1. The summed E-state index contributed by atoms with van der Waals surface area (Å²) in [6.45, 7) is 3.54. The predicted octanol–water partition coefficient (Wildman–Crippen LogP) is 4.95. The first kappa shape index (κ1) is 30.2. The van der Waals surface area contributed by atoms with Crippen molar-refractivity contribution in [3.63, 3.8) is 0 Å². The second kappa shape index (κ2) is 13.8. The van der Waals surface area contributed by atoms with E-state index in [9.17, 15) is 18.8 Å². The number of benzene rings is 2. The van der Waals surface area contributed by atoms with Crippen LogP contribution in [0.25, 0.3) is 5.69 Å². The number of aromatic nitrogens is 3. The number of rotatable bonds is 12. The van der Waals surface area contributed by atoms with E-state index in [1.807, 2.05) is 18.2 Å². The van der Waals surface area contributed by atoms with Crippen LogP contribution < -0.4 is 15.4 Å². The highest BCUT2D eigenvalue weighted by Gasteiger charge is 2.30. The maximum atomic E-state index is 13.7. The quantitative estimate of drug-likeness (QED) is 0.168. The molecular formula is C30H30FN5O5S2. The normalized spacial score (nSPS) is 12.8. The van der Waals surface area contributed by atoms with Gasteiger partial charge in [0.2, 0.25) is 5.91 Å². The number of esters is 1. The van der Waals surface area contributed by atoms with Crippen LogP contribution in [0.3, 0.4) is 0 Å². The zero-order valence-electron chi connectivity index (χ0n) is 23.6. The Morgan fingerprint density at radius 1 is 1.09 bits per heavy atom. The molecule has 2 heterocycles. The van der Waals surface area contributed by atoms with Crippen LogP contribution in [0.1, 0.15) is 46.9 Å². The summed E-state index contributed by atoms with van der Waals surface area (Å²) < 4.78 is 26.2. The van der Waals surface area contributed by atoms with Crippen molar-refractivity contribution in [3.05, 3.63) is 82.2 Å². The molecule has 0 saturated heterocycles. The van der Waals surface area contributed by atoms with Crippen LogP contribution in [0.15, 0.2) is 59.8 Å².